The Morgan fingerprint density at radius 3 is 1.19 bits per heavy atom. The first-order chi connectivity index (χ1) is 6.97. The molecule has 0 rings (SSSR count). The molecule has 0 saturated heterocycles. The normalized spacial score (nSPS) is 13.9. The summed E-state index contributed by atoms with van der Waals surface area (Å²) >= 11 is 0. The fourth-order valence-electron chi connectivity index (χ4n) is 1.65. The topological polar surface area (TPSA) is 0 Å². The largest absolute Gasteiger partial charge is 0.107 e. The van der Waals surface area contributed by atoms with Crippen LogP contribution < -0.4 is 0 Å². The molecule has 96 valence electrons. The molecule has 0 atom stereocenters. The Morgan fingerprint density at radius 1 is 0.688 bits per heavy atom. The van der Waals surface area contributed by atoms with Crippen molar-refractivity contribution in [3.05, 3.63) is 12.3 Å². The van der Waals surface area contributed by atoms with Crippen LogP contribution in [0.4, 0.5) is 0 Å². The number of hydrogen-bond donors (Lipinski definition) is 0. The minimum atomic E-state index is -1.11. The van der Waals surface area contributed by atoms with E-state index in [9.17, 15) is 0 Å². The maximum Gasteiger partial charge on any atom is 0.0734 e. The summed E-state index contributed by atoms with van der Waals surface area (Å²) < 4.78 is 0. The Hall–Kier alpha value is 0.391. The lowest BCUT2D eigenvalue weighted by Gasteiger charge is -2.29. The summed E-state index contributed by atoms with van der Waals surface area (Å²) in [5.74, 6) is 0. The van der Waals surface area contributed by atoms with Crippen LogP contribution in [-0.4, -0.2) is 24.2 Å². The smallest absolute Gasteiger partial charge is 0.0734 e. The predicted molar refractivity (Wildman–Crippen MR) is 87.7 cm³/mol. The minimum Gasteiger partial charge on any atom is -0.107 e. The van der Waals surface area contributed by atoms with E-state index in [4.69, 9.17) is 0 Å². The van der Waals surface area contributed by atoms with Crippen LogP contribution in [0.15, 0.2) is 12.3 Å². The van der Waals surface area contributed by atoms with E-state index in [-0.39, 0.29) is 0 Å². The summed E-state index contributed by atoms with van der Waals surface area (Å²) in [4.78, 5) is 0. The standard InChI is InChI=1S/C13H32Si3/c1-9-16(8,12-10-14(2,3)4)13-11-15(5,6)7/h9H,1,10-13H2,2-8H3. The average molecular weight is 273 g/mol. The lowest BCUT2D eigenvalue weighted by atomic mass is 10.9. The molecule has 0 aromatic rings. The van der Waals surface area contributed by atoms with Gasteiger partial charge in [0.1, 0.15) is 0 Å². The molecule has 3 heteroatoms. The summed E-state index contributed by atoms with van der Waals surface area (Å²) in [7, 11) is -2.83. The average Bonchev–Trinajstić information content (AvgIpc) is 2.09. The van der Waals surface area contributed by atoms with Crippen LogP contribution in [-0.2, 0) is 0 Å². The predicted octanol–water partition coefficient (Wildman–Crippen LogP) is 5.47. The molecular formula is C13H32Si3. The Labute approximate surface area is 107 Å². The molecule has 0 fully saturated rings. The number of rotatable bonds is 7. The molecule has 0 aliphatic rings. The Morgan fingerprint density at radius 2 is 1.00 bits per heavy atom. The van der Waals surface area contributed by atoms with Crippen molar-refractivity contribution in [2.75, 3.05) is 0 Å². The molecule has 0 nitrogen and oxygen atoms in total. The van der Waals surface area contributed by atoms with Crippen molar-refractivity contribution in [3.8, 4) is 0 Å². The zero-order valence-corrected chi connectivity index (χ0v) is 15.6. The SMILES string of the molecule is C=C[Si](C)(CC[Si](C)(C)C)CC[Si](C)(C)C. The zero-order chi connectivity index (χ0) is 13.0. The van der Waals surface area contributed by atoms with Crippen LogP contribution in [0.3, 0.4) is 0 Å². The van der Waals surface area contributed by atoms with Gasteiger partial charge in [0.25, 0.3) is 0 Å². The van der Waals surface area contributed by atoms with Gasteiger partial charge >= 0.3 is 0 Å². The third-order valence-corrected chi connectivity index (χ3v) is 11.7. The lowest BCUT2D eigenvalue weighted by Crippen LogP contribution is -2.34. The van der Waals surface area contributed by atoms with Crippen molar-refractivity contribution in [3.63, 3.8) is 0 Å². The van der Waals surface area contributed by atoms with Gasteiger partial charge in [0.05, 0.1) is 8.07 Å². The summed E-state index contributed by atoms with van der Waals surface area (Å²) in [6.45, 7) is 21.6. The van der Waals surface area contributed by atoms with Crippen LogP contribution in [0.25, 0.3) is 0 Å². The van der Waals surface area contributed by atoms with Crippen molar-refractivity contribution < 1.29 is 0 Å². The molecule has 0 aliphatic heterocycles. The summed E-state index contributed by atoms with van der Waals surface area (Å²) in [5.41, 5.74) is 2.35. The second kappa shape index (κ2) is 5.83. The van der Waals surface area contributed by atoms with Crippen molar-refractivity contribution >= 4 is 24.2 Å². The van der Waals surface area contributed by atoms with Gasteiger partial charge in [0.15, 0.2) is 0 Å². The molecule has 0 aromatic heterocycles. The first-order valence-corrected chi connectivity index (χ1v) is 17.0. The van der Waals surface area contributed by atoms with Crippen molar-refractivity contribution in [1.82, 2.24) is 0 Å². The van der Waals surface area contributed by atoms with Gasteiger partial charge in [-0.25, -0.2) is 0 Å². The van der Waals surface area contributed by atoms with Gasteiger partial charge in [-0.1, -0.05) is 70.0 Å². The molecular weight excluding hydrogens is 240 g/mol. The van der Waals surface area contributed by atoms with E-state index in [1.54, 1.807) is 0 Å². The van der Waals surface area contributed by atoms with Crippen LogP contribution in [0.1, 0.15) is 0 Å². The highest BCUT2D eigenvalue weighted by atomic mass is 28.3. The third kappa shape index (κ3) is 8.53. The second-order valence-corrected chi connectivity index (χ2v) is 23.9. The molecule has 0 heterocycles. The third-order valence-electron chi connectivity index (χ3n) is 3.39. The van der Waals surface area contributed by atoms with Crippen LogP contribution in [0, 0.1) is 0 Å². The Bertz CT molecular complexity index is 202. The van der Waals surface area contributed by atoms with Crippen molar-refractivity contribution in [1.29, 1.82) is 0 Å². The number of hydrogen-bond acceptors (Lipinski definition) is 0. The highest BCUT2D eigenvalue weighted by molar-refractivity contribution is 6.87. The fraction of sp³-hybridized carbons (Fsp3) is 0.846. The van der Waals surface area contributed by atoms with E-state index in [1.807, 2.05) is 0 Å². The van der Waals surface area contributed by atoms with E-state index in [0.717, 1.165) is 0 Å². The highest BCUT2D eigenvalue weighted by Crippen LogP contribution is 2.28. The zero-order valence-electron chi connectivity index (χ0n) is 12.6. The van der Waals surface area contributed by atoms with E-state index < -0.39 is 24.2 Å². The van der Waals surface area contributed by atoms with Crippen LogP contribution in [0.5, 0.6) is 0 Å². The van der Waals surface area contributed by atoms with Gasteiger partial charge in [0.2, 0.25) is 0 Å². The van der Waals surface area contributed by atoms with E-state index in [1.165, 1.54) is 24.2 Å². The van der Waals surface area contributed by atoms with Gasteiger partial charge in [-0.2, -0.15) is 0 Å². The van der Waals surface area contributed by atoms with E-state index >= 15 is 0 Å². The van der Waals surface area contributed by atoms with Crippen molar-refractivity contribution in [2.24, 2.45) is 0 Å². The quantitative estimate of drug-likeness (QED) is 0.539. The van der Waals surface area contributed by atoms with Gasteiger partial charge in [0, 0.05) is 16.1 Å². The fourth-order valence-corrected chi connectivity index (χ4v) is 12.9. The molecule has 16 heavy (non-hydrogen) atoms. The first kappa shape index (κ1) is 16.4. The van der Waals surface area contributed by atoms with Gasteiger partial charge in [-0.3, -0.25) is 0 Å². The van der Waals surface area contributed by atoms with Crippen LogP contribution >= 0.6 is 0 Å². The Balaban J connectivity index is 4.27. The molecule has 0 saturated carbocycles. The molecule has 0 amide bonds. The lowest BCUT2D eigenvalue weighted by molar-refractivity contribution is 1.20. The van der Waals surface area contributed by atoms with Crippen LogP contribution in [0.2, 0.25) is 70.0 Å². The molecule has 0 radical (unpaired) electrons. The molecule has 0 N–H and O–H groups in total. The van der Waals surface area contributed by atoms with Gasteiger partial charge in [-0.05, 0) is 0 Å². The molecule has 0 bridgehead atoms. The van der Waals surface area contributed by atoms with Gasteiger partial charge < -0.3 is 0 Å². The summed E-state index contributed by atoms with van der Waals surface area (Å²) in [6.07, 6.45) is 0. The maximum atomic E-state index is 4.13. The molecule has 0 spiro atoms. The maximum absolute atomic E-state index is 4.13. The minimum absolute atomic E-state index is 0.860. The van der Waals surface area contributed by atoms with E-state index in [0.29, 0.717) is 0 Å². The van der Waals surface area contributed by atoms with Gasteiger partial charge in [-0.15, -0.1) is 12.3 Å². The van der Waals surface area contributed by atoms with E-state index in [2.05, 4.69) is 58.1 Å². The molecule has 0 unspecified atom stereocenters. The Kier molecular flexibility index (Phi) is 5.97. The summed E-state index contributed by atoms with van der Waals surface area (Å²) in [5, 5.41) is 0. The first-order valence-electron chi connectivity index (χ1n) is 6.61. The molecule has 0 aromatic carbocycles. The van der Waals surface area contributed by atoms with Crippen molar-refractivity contribution in [2.45, 2.75) is 70.0 Å². The second-order valence-electron chi connectivity index (χ2n) is 7.98. The summed E-state index contributed by atoms with van der Waals surface area (Å²) in [6, 6.07) is 5.95. The molecule has 0 aliphatic carbocycles. The highest BCUT2D eigenvalue weighted by Gasteiger charge is 2.28. The monoisotopic (exact) mass is 272 g/mol.